The van der Waals surface area contributed by atoms with Gasteiger partial charge in [-0.25, -0.2) is 0 Å². The minimum atomic E-state index is -0.469. The second-order valence-corrected chi connectivity index (χ2v) is 1.92. The van der Waals surface area contributed by atoms with Crippen LogP contribution in [0.2, 0.25) is 0 Å². The molecular formula is C4H3N2O2S. The summed E-state index contributed by atoms with van der Waals surface area (Å²) >= 11 is 4.44. The van der Waals surface area contributed by atoms with E-state index in [1.54, 1.807) is 0 Å². The highest BCUT2D eigenvalue weighted by Crippen LogP contribution is 1.88. The first-order valence-electron chi connectivity index (χ1n) is 2.27. The van der Waals surface area contributed by atoms with E-state index in [0.717, 1.165) is 0 Å². The highest BCUT2D eigenvalue weighted by atomic mass is 32.1. The number of amides is 2. The first kappa shape index (κ1) is 6.15. The molecule has 4 nitrogen and oxygen atoms in total. The minimum absolute atomic E-state index is 0.0312. The maximum atomic E-state index is 10.4. The van der Waals surface area contributed by atoms with Crippen molar-refractivity contribution in [3.63, 3.8) is 0 Å². The Kier molecular flexibility index (Phi) is 1.44. The van der Waals surface area contributed by atoms with Crippen molar-refractivity contribution in [3.8, 4) is 0 Å². The molecule has 0 unspecified atom stereocenters. The van der Waals surface area contributed by atoms with E-state index in [1.807, 2.05) is 0 Å². The van der Waals surface area contributed by atoms with Gasteiger partial charge in [0.25, 0.3) is 5.91 Å². The molecule has 1 fully saturated rings. The molecule has 0 saturated carbocycles. The molecule has 1 heterocycles. The summed E-state index contributed by atoms with van der Waals surface area (Å²) in [5.74, 6) is -0.844. The molecule has 1 rings (SSSR count). The van der Waals surface area contributed by atoms with Gasteiger partial charge in [-0.1, -0.05) is 0 Å². The summed E-state index contributed by atoms with van der Waals surface area (Å²) in [6, 6.07) is 0. The number of nitrogens with zero attached hydrogens (tertiary/aromatic N) is 1. The first-order chi connectivity index (χ1) is 4.18. The number of carbonyl (C=O) groups is 2. The third-order valence-corrected chi connectivity index (χ3v) is 0.978. The largest absolute Gasteiger partial charge is 0.301 e. The van der Waals surface area contributed by atoms with E-state index in [1.165, 1.54) is 0 Å². The number of carbonyl (C=O) groups excluding carboxylic acids is 2. The van der Waals surface area contributed by atoms with Gasteiger partial charge in [-0.05, 0) is 12.2 Å². The maximum Gasteiger partial charge on any atom is 0.257 e. The van der Waals surface area contributed by atoms with Crippen LogP contribution < -0.4 is 10.6 Å². The Morgan fingerprint density at radius 2 is 2.22 bits per heavy atom. The lowest BCUT2D eigenvalue weighted by atomic mass is 10.3. The molecule has 1 N–H and O–H groups in total. The van der Waals surface area contributed by atoms with E-state index < -0.39 is 5.91 Å². The lowest BCUT2D eigenvalue weighted by Crippen LogP contribution is -2.45. The Morgan fingerprint density at radius 1 is 1.56 bits per heavy atom. The van der Waals surface area contributed by atoms with Gasteiger partial charge in [-0.15, -0.1) is 0 Å². The summed E-state index contributed by atoms with van der Waals surface area (Å²) in [7, 11) is 0. The van der Waals surface area contributed by atoms with Gasteiger partial charge in [-0.2, -0.15) is 5.32 Å². The molecule has 0 aromatic carbocycles. The third kappa shape index (κ3) is 1.46. The zero-order chi connectivity index (χ0) is 6.85. The molecule has 1 aliphatic rings. The minimum Gasteiger partial charge on any atom is -0.301 e. The fourth-order valence-electron chi connectivity index (χ4n) is 0.482. The van der Waals surface area contributed by atoms with Crippen molar-refractivity contribution in [1.29, 1.82) is 0 Å². The Bertz CT molecular complexity index is 144. The molecule has 1 radical (unpaired) electrons. The number of rotatable bonds is 0. The number of hydrogen-bond acceptors (Lipinski definition) is 3. The van der Waals surface area contributed by atoms with Crippen LogP contribution in [0, 0.1) is 0 Å². The van der Waals surface area contributed by atoms with Gasteiger partial charge < -0.3 is 5.32 Å². The van der Waals surface area contributed by atoms with Crippen LogP contribution >= 0.6 is 12.2 Å². The molecular weight excluding hydrogens is 140 g/mol. The SMILES string of the molecule is O=C1CC(=O)NC(=S)[N]1. The van der Waals surface area contributed by atoms with Crippen LogP contribution in [0.25, 0.3) is 0 Å². The van der Waals surface area contributed by atoms with Crippen LogP contribution in [-0.4, -0.2) is 16.9 Å². The zero-order valence-electron chi connectivity index (χ0n) is 4.38. The molecule has 0 bridgehead atoms. The third-order valence-electron chi connectivity index (χ3n) is 0.784. The number of thiocarbonyl (C=S) groups is 1. The van der Waals surface area contributed by atoms with Crippen LogP contribution in [0.4, 0.5) is 0 Å². The predicted molar refractivity (Wildman–Crippen MR) is 32.5 cm³/mol. The van der Waals surface area contributed by atoms with Crippen LogP contribution in [0.1, 0.15) is 6.42 Å². The smallest absolute Gasteiger partial charge is 0.257 e. The van der Waals surface area contributed by atoms with Crippen molar-refractivity contribution >= 4 is 29.1 Å². The fraction of sp³-hybridized carbons (Fsp3) is 0.250. The average Bonchev–Trinajstić information content (AvgIpc) is 1.59. The lowest BCUT2D eigenvalue weighted by molar-refractivity contribution is -0.129. The fourth-order valence-corrected chi connectivity index (χ4v) is 0.697. The first-order valence-corrected chi connectivity index (χ1v) is 2.67. The van der Waals surface area contributed by atoms with E-state index in [9.17, 15) is 9.59 Å². The summed E-state index contributed by atoms with van der Waals surface area (Å²) in [6.07, 6.45) is -0.180. The summed E-state index contributed by atoms with van der Waals surface area (Å²) in [5, 5.41) is 5.48. The zero-order valence-corrected chi connectivity index (χ0v) is 5.20. The molecule has 1 aliphatic heterocycles. The topological polar surface area (TPSA) is 60.3 Å². The van der Waals surface area contributed by atoms with E-state index in [4.69, 9.17) is 0 Å². The highest BCUT2D eigenvalue weighted by Gasteiger charge is 2.19. The molecule has 0 atom stereocenters. The average molecular weight is 143 g/mol. The van der Waals surface area contributed by atoms with Crippen LogP contribution in [0.15, 0.2) is 0 Å². The lowest BCUT2D eigenvalue weighted by Gasteiger charge is -2.09. The molecule has 1 saturated heterocycles. The molecule has 9 heavy (non-hydrogen) atoms. The van der Waals surface area contributed by atoms with Crippen molar-refractivity contribution in [2.24, 2.45) is 0 Å². The van der Waals surface area contributed by atoms with Crippen molar-refractivity contribution in [3.05, 3.63) is 0 Å². The molecule has 0 spiro atoms. The van der Waals surface area contributed by atoms with Crippen LogP contribution in [0.5, 0.6) is 0 Å². The number of hydrogen-bond donors (Lipinski definition) is 1. The van der Waals surface area contributed by atoms with Crippen molar-refractivity contribution in [1.82, 2.24) is 10.6 Å². The predicted octanol–water partition coefficient (Wildman–Crippen LogP) is -1.08. The second kappa shape index (κ2) is 2.10. The van der Waals surface area contributed by atoms with Gasteiger partial charge in [-0.3, -0.25) is 9.59 Å². The Balaban J connectivity index is 2.64. The summed E-state index contributed by atoms with van der Waals surface area (Å²) in [6.45, 7) is 0. The van der Waals surface area contributed by atoms with Crippen molar-refractivity contribution < 1.29 is 9.59 Å². The van der Waals surface area contributed by atoms with Gasteiger partial charge in [0.15, 0.2) is 0 Å². The molecule has 5 heteroatoms. The van der Waals surface area contributed by atoms with Gasteiger partial charge in [0.1, 0.15) is 6.42 Å². The van der Waals surface area contributed by atoms with Gasteiger partial charge in [0.05, 0.1) is 0 Å². The quantitative estimate of drug-likeness (QED) is 0.346. The van der Waals surface area contributed by atoms with Gasteiger partial charge in [0.2, 0.25) is 11.0 Å². The normalized spacial score (nSPS) is 18.9. The van der Waals surface area contributed by atoms with E-state index in [2.05, 4.69) is 22.9 Å². The van der Waals surface area contributed by atoms with E-state index >= 15 is 0 Å². The maximum absolute atomic E-state index is 10.4. The van der Waals surface area contributed by atoms with Crippen LogP contribution in [0.3, 0.4) is 0 Å². The monoisotopic (exact) mass is 143 g/mol. The van der Waals surface area contributed by atoms with E-state index in [0.29, 0.717) is 0 Å². The Hall–Kier alpha value is -0.970. The Labute approximate surface area is 56.6 Å². The number of nitrogens with one attached hydrogen (secondary N) is 1. The van der Waals surface area contributed by atoms with Gasteiger partial charge >= 0.3 is 0 Å². The molecule has 0 aromatic heterocycles. The summed E-state index contributed by atoms with van der Waals surface area (Å²) < 4.78 is 0. The second-order valence-electron chi connectivity index (χ2n) is 1.54. The standard InChI is InChI=1S/C4H3N2O2S/c7-2-1-3(8)6-4(9)5-2/h1H2,(H,5,7,9). The van der Waals surface area contributed by atoms with Crippen molar-refractivity contribution in [2.75, 3.05) is 0 Å². The van der Waals surface area contributed by atoms with Gasteiger partial charge in [0, 0.05) is 0 Å². The van der Waals surface area contributed by atoms with E-state index in [-0.39, 0.29) is 17.4 Å². The molecule has 0 aliphatic carbocycles. The highest BCUT2D eigenvalue weighted by molar-refractivity contribution is 7.80. The summed E-state index contributed by atoms with van der Waals surface area (Å²) in [5.41, 5.74) is 0. The Morgan fingerprint density at radius 3 is 2.67 bits per heavy atom. The summed E-state index contributed by atoms with van der Waals surface area (Å²) in [4.78, 5) is 20.8. The molecule has 0 aromatic rings. The molecule has 47 valence electrons. The molecule has 2 amide bonds. The van der Waals surface area contributed by atoms with Crippen LogP contribution in [-0.2, 0) is 9.59 Å². The van der Waals surface area contributed by atoms with Crippen molar-refractivity contribution in [2.45, 2.75) is 6.42 Å².